The monoisotopic (exact) mass is 244 g/mol. The molecule has 0 heterocycles. The number of aryl methyl sites for hydroxylation is 2. The standard InChI is InChI=1S/C15H13FO2/c1-9-3-5-11(6-4-9)12-8-13(15(17)18)14(16)7-10(12)2/h3-8H,1-2H3,(H,17,18). The van der Waals surface area contributed by atoms with Crippen LogP contribution in [0.4, 0.5) is 4.39 Å². The Morgan fingerprint density at radius 1 is 1.11 bits per heavy atom. The highest BCUT2D eigenvalue weighted by Gasteiger charge is 2.14. The molecular formula is C15H13FO2. The Bertz CT molecular complexity index is 601. The maximum atomic E-state index is 13.5. The molecule has 0 unspecified atom stereocenters. The average molecular weight is 244 g/mol. The number of halogens is 1. The molecule has 0 aliphatic rings. The lowest BCUT2D eigenvalue weighted by molar-refractivity contribution is 0.0692. The molecule has 18 heavy (non-hydrogen) atoms. The summed E-state index contributed by atoms with van der Waals surface area (Å²) in [6, 6.07) is 10.3. The molecule has 0 saturated carbocycles. The largest absolute Gasteiger partial charge is 0.478 e. The number of hydrogen-bond donors (Lipinski definition) is 1. The van der Waals surface area contributed by atoms with Crippen LogP contribution in [0.5, 0.6) is 0 Å². The van der Waals surface area contributed by atoms with Crippen LogP contribution < -0.4 is 0 Å². The van der Waals surface area contributed by atoms with E-state index in [0.717, 1.165) is 22.3 Å². The van der Waals surface area contributed by atoms with Crippen molar-refractivity contribution in [1.82, 2.24) is 0 Å². The summed E-state index contributed by atoms with van der Waals surface area (Å²) in [6.07, 6.45) is 0. The molecule has 2 aromatic carbocycles. The van der Waals surface area contributed by atoms with E-state index >= 15 is 0 Å². The van der Waals surface area contributed by atoms with E-state index in [9.17, 15) is 9.18 Å². The first-order valence-corrected chi connectivity index (χ1v) is 5.59. The first kappa shape index (κ1) is 12.3. The maximum absolute atomic E-state index is 13.5. The van der Waals surface area contributed by atoms with E-state index in [1.807, 2.05) is 31.2 Å². The molecular weight excluding hydrogens is 231 g/mol. The van der Waals surface area contributed by atoms with E-state index in [4.69, 9.17) is 5.11 Å². The van der Waals surface area contributed by atoms with Crippen molar-refractivity contribution < 1.29 is 14.3 Å². The predicted molar refractivity (Wildman–Crippen MR) is 68.3 cm³/mol. The van der Waals surface area contributed by atoms with Gasteiger partial charge in [0.1, 0.15) is 5.82 Å². The van der Waals surface area contributed by atoms with Crippen LogP contribution in [0.2, 0.25) is 0 Å². The van der Waals surface area contributed by atoms with Crippen molar-refractivity contribution in [3.8, 4) is 11.1 Å². The van der Waals surface area contributed by atoms with E-state index in [-0.39, 0.29) is 5.56 Å². The highest BCUT2D eigenvalue weighted by molar-refractivity contribution is 5.90. The normalized spacial score (nSPS) is 10.4. The number of carboxylic acids is 1. The van der Waals surface area contributed by atoms with Gasteiger partial charge >= 0.3 is 5.97 Å². The van der Waals surface area contributed by atoms with Gasteiger partial charge in [0.15, 0.2) is 0 Å². The lowest BCUT2D eigenvalue weighted by atomic mass is 9.97. The van der Waals surface area contributed by atoms with Crippen LogP contribution in [-0.2, 0) is 0 Å². The van der Waals surface area contributed by atoms with Gasteiger partial charge in [0.2, 0.25) is 0 Å². The van der Waals surface area contributed by atoms with Crippen molar-refractivity contribution >= 4 is 5.97 Å². The second-order valence-electron chi connectivity index (χ2n) is 4.32. The summed E-state index contributed by atoms with van der Waals surface area (Å²) >= 11 is 0. The van der Waals surface area contributed by atoms with E-state index in [1.165, 1.54) is 12.1 Å². The molecule has 2 aromatic rings. The van der Waals surface area contributed by atoms with Crippen LogP contribution in [0.15, 0.2) is 36.4 Å². The summed E-state index contributed by atoms with van der Waals surface area (Å²) in [4.78, 5) is 10.9. The van der Waals surface area contributed by atoms with E-state index in [0.29, 0.717) is 0 Å². The first-order valence-electron chi connectivity index (χ1n) is 5.59. The summed E-state index contributed by atoms with van der Waals surface area (Å²) in [5.41, 5.74) is 3.18. The lowest BCUT2D eigenvalue weighted by Crippen LogP contribution is -2.02. The van der Waals surface area contributed by atoms with Crippen LogP contribution in [0.25, 0.3) is 11.1 Å². The molecule has 0 aliphatic heterocycles. The third-order valence-corrected chi connectivity index (χ3v) is 2.91. The molecule has 0 bridgehead atoms. The third-order valence-electron chi connectivity index (χ3n) is 2.91. The molecule has 0 saturated heterocycles. The van der Waals surface area contributed by atoms with Crippen LogP contribution in [-0.4, -0.2) is 11.1 Å². The Kier molecular flexibility index (Phi) is 3.15. The smallest absolute Gasteiger partial charge is 0.338 e. The fourth-order valence-electron chi connectivity index (χ4n) is 1.88. The molecule has 0 amide bonds. The highest BCUT2D eigenvalue weighted by Crippen LogP contribution is 2.26. The summed E-state index contributed by atoms with van der Waals surface area (Å²) in [7, 11) is 0. The Balaban J connectivity index is 2.60. The second-order valence-corrected chi connectivity index (χ2v) is 4.32. The van der Waals surface area contributed by atoms with Crippen molar-refractivity contribution in [2.24, 2.45) is 0 Å². The van der Waals surface area contributed by atoms with Gasteiger partial charge in [-0.3, -0.25) is 0 Å². The summed E-state index contributed by atoms with van der Waals surface area (Å²) < 4.78 is 13.5. The summed E-state index contributed by atoms with van der Waals surface area (Å²) in [5, 5.41) is 8.93. The third kappa shape index (κ3) is 2.25. The van der Waals surface area contributed by atoms with Gasteiger partial charge in [-0.25, -0.2) is 9.18 Å². The predicted octanol–water partition coefficient (Wildman–Crippen LogP) is 3.81. The summed E-state index contributed by atoms with van der Waals surface area (Å²) in [6.45, 7) is 3.74. The number of carbonyl (C=O) groups is 1. The second kappa shape index (κ2) is 4.61. The molecule has 2 rings (SSSR count). The zero-order valence-corrected chi connectivity index (χ0v) is 10.2. The number of aromatic carboxylic acids is 1. The maximum Gasteiger partial charge on any atom is 0.338 e. The van der Waals surface area contributed by atoms with Crippen LogP contribution in [0.1, 0.15) is 21.5 Å². The molecule has 2 nitrogen and oxygen atoms in total. The van der Waals surface area contributed by atoms with Gasteiger partial charge in [0.05, 0.1) is 5.56 Å². The molecule has 3 heteroatoms. The minimum absolute atomic E-state index is 0.295. The minimum atomic E-state index is -1.25. The topological polar surface area (TPSA) is 37.3 Å². The Morgan fingerprint density at radius 2 is 1.72 bits per heavy atom. The van der Waals surface area contributed by atoms with Crippen LogP contribution >= 0.6 is 0 Å². The molecule has 0 aliphatic carbocycles. The summed E-state index contributed by atoms with van der Waals surface area (Å²) in [5.74, 6) is -1.95. The van der Waals surface area contributed by atoms with Crippen molar-refractivity contribution in [3.63, 3.8) is 0 Å². The van der Waals surface area contributed by atoms with Gasteiger partial charge in [-0.1, -0.05) is 29.8 Å². The average Bonchev–Trinajstić information content (AvgIpc) is 2.30. The van der Waals surface area contributed by atoms with Gasteiger partial charge in [-0.15, -0.1) is 0 Å². The van der Waals surface area contributed by atoms with Crippen LogP contribution in [0.3, 0.4) is 0 Å². The molecule has 0 atom stereocenters. The van der Waals surface area contributed by atoms with Crippen molar-refractivity contribution in [2.75, 3.05) is 0 Å². The Hall–Kier alpha value is -2.16. The minimum Gasteiger partial charge on any atom is -0.478 e. The molecule has 1 N–H and O–H groups in total. The number of hydrogen-bond acceptors (Lipinski definition) is 1. The van der Waals surface area contributed by atoms with E-state index in [2.05, 4.69) is 0 Å². The molecule has 0 aromatic heterocycles. The van der Waals surface area contributed by atoms with Crippen molar-refractivity contribution in [2.45, 2.75) is 13.8 Å². The number of carboxylic acid groups (broad SMARTS) is 1. The molecule has 0 radical (unpaired) electrons. The van der Waals surface area contributed by atoms with E-state index < -0.39 is 11.8 Å². The molecule has 0 spiro atoms. The Labute approximate surface area is 105 Å². The Morgan fingerprint density at radius 3 is 2.28 bits per heavy atom. The van der Waals surface area contributed by atoms with Gasteiger partial charge in [0.25, 0.3) is 0 Å². The fourth-order valence-corrected chi connectivity index (χ4v) is 1.88. The zero-order valence-electron chi connectivity index (χ0n) is 10.2. The number of rotatable bonds is 2. The highest BCUT2D eigenvalue weighted by atomic mass is 19.1. The van der Waals surface area contributed by atoms with Gasteiger partial charge in [-0.2, -0.15) is 0 Å². The number of benzene rings is 2. The van der Waals surface area contributed by atoms with E-state index in [1.54, 1.807) is 6.92 Å². The van der Waals surface area contributed by atoms with Gasteiger partial charge in [-0.05, 0) is 42.7 Å². The van der Waals surface area contributed by atoms with Crippen LogP contribution in [0, 0.1) is 19.7 Å². The van der Waals surface area contributed by atoms with Gasteiger partial charge < -0.3 is 5.11 Å². The molecule has 0 fully saturated rings. The van der Waals surface area contributed by atoms with Gasteiger partial charge in [0, 0.05) is 0 Å². The quantitative estimate of drug-likeness (QED) is 0.872. The lowest BCUT2D eigenvalue weighted by Gasteiger charge is -2.09. The zero-order chi connectivity index (χ0) is 13.3. The van der Waals surface area contributed by atoms with Crippen molar-refractivity contribution in [3.05, 3.63) is 58.9 Å². The first-order chi connectivity index (χ1) is 8.49. The SMILES string of the molecule is Cc1ccc(-c2cc(C(=O)O)c(F)cc2C)cc1. The fraction of sp³-hybridized carbons (Fsp3) is 0.133. The molecule has 92 valence electrons. The van der Waals surface area contributed by atoms with Crippen molar-refractivity contribution in [1.29, 1.82) is 0 Å².